The third-order valence-corrected chi connectivity index (χ3v) is 4.30. The van der Waals surface area contributed by atoms with Crippen molar-refractivity contribution in [3.8, 4) is 0 Å². The molecule has 3 rings (SSSR count). The largest absolute Gasteiger partial charge is 0.309 e. The maximum atomic E-state index is 4.39. The van der Waals surface area contributed by atoms with Crippen molar-refractivity contribution in [2.24, 2.45) is 13.0 Å². The van der Waals surface area contributed by atoms with Crippen molar-refractivity contribution < 1.29 is 0 Å². The van der Waals surface area contributed by atoms with Crippen LogP contribution in [0.25, 0.3) is 0 Å². The summed E-state index contributed by atoms with van der Waals surface area (Å²) in [6.07, 6.45) is 4.82. The third-order valence-electron chi connectivity index (χ3n) is 4.30. The summed E-state index contributed by atoms with van der Waals surface area (Å²) >= 11 is 0. The van der Waals surface area contributed by atoms with Gasteiger partial charge in [0.05, 0.1) is 5.69 Å². The van der Waals surface area contributed by atoms with Gasteiger partial charge in [0.15, 0.2) is 0 Å². The molecule has 0 amide bonds. The Morgan fingerprint density at radius 2 is 2.24 bits per heavy atom. The molecule has 2 aliphatic heterocycles. The molecule has 3 atom stereocenters. The first-order chi connectivity index (χ1) is 8.22. The van der Waals surface area contributed by atoms with Gasteiger partial charge in [0, 0.05) is 37.9 Å². The molecule has 0 aromatic carbocycles. The molecule has 0 spiro atoms. The van der Waals surface area contributed by atoms with Crippen LogP contribution in [0.15, 0.2) is 6.20 Å². The summed E-state index contributed by atoms with van der Waals surface area (Å²) in [6.45, 7) is 6.97. The molecule has 2 bridgehead atoms. The fraction of sp³-hybridized carbons (Fsp3) is 0.769. The van der Waals surface area contributed by atoms with Crippen LogP contribution in [-0.4, -0.2) is 40.4 Å². The number of rotatable bonds is 3. The zero-order valence-corrected chi connectivity index (χ0v) is 10.8. The smallest absolute Gasteiger partial charge is 0.0638 e. The minimum Gasteiger partial charge on any atom is -0.309 e. The van der Waals surface area contributed by atoms with E-state index in [0.717, 1.165) is 18.2 Å². The van der Waals surface area contributed by atoms with Gasteiger partial charge in [-0.05, 0) is 38.8 Å². The van der Waals surface area contributed by atoms with Gasteiger partial charge < -0.3 is 10.2 Å². The summed E-state index contributed by atoms with van der Waals surface area (Å²) in [5.74, 6) is 0.876. The highest BCUT2D eigenvalue weighted by atomic mass is 15.3. The Hall–Kier alpha value is -0.870. The van der Waals surface area contributed by atoms with Crippen LogP contribution in [0, 0.1) is 12.8 Å². The van der Waals surface area contributed by atoms with Crippen LogP contribution in [0.5, 0.6) is 0 Å². The van der Waals surface area contributed by atoms with Gasteiger partial charge in [-0.25, -0.2) is 0 Å². The Morgan fingerprint density at radius 3 is 3.00 bits per heavy atom. The number of nitrogens with zero attached hydrogens (tertiary/aromatic N) is 3. The second kappa shape index (κ2) is 4.42. The van der Waals surface area contributed by atoms with Crippen molar-refractivity contribution in [2.75, 3.05) is 19.6 Å². The van der Waals surface area contributed by atoms with E-state index in [1.807, 2.05) is 11.7 Å². The van der Waals surface area contributed by atoms with Crippen LogP contribution in [0.3, 0.4) is 0 Å². The Kier molecular flexibility index (Phi) is 2.92. The molecule has 4 heteroatoms. The lowest BCUT2D eigenvalue weighted by Crippen LogP contribution is -2.43. The number of fused-ring (bicyclic) bond motifs is 2. The Morgan fingerprint density at radius 1 is 1.41 bits per heavy atom. The summed E-state index contributed by atoms with van der Waals surface area (Å²) in [6, 6.07) is 0.716. The number of hydrogen-bond donors (Lipinski definition) is 1. The van der Waals surface area contributed by atoms with E-state index in [1.54, 1.807) is 0 Å². The maximum absolute atomic E-state index is 4.39. The second-order valence-corrected chi connectivity index (χ2v) is 5.54. The van der Waals surface area contributed by atoms with Gasteiger partial charge in [-0.15, -0.1) is 0 Å². The van der Waals surface area contributed by atoms with Crippen molar-refractivity contribution in [2.45, 2.75) is 32.4 Å². The summed E-state index contributed by atoms with van der Waals surface area (Å²) in [5, 5.41) is 8.13. The zero-order valence-electron chi connectivity index (χ0n) is 10.8. The molecule has 94 valence electrons. The Labute approximate surface area is 103 Å². The highest BCUT2D eigenvalue weighted by molar-refractivity contribution is 5.15. The molecule has 2 fully saturated rings. The standard InChI is InChI=1S/C13H22N4/c1-10-12(8-16(2)15-10)7-14-13-4-6-17-5-3-11(13)9-17/h8,11,13-14H,3-7,9H2,1-2H3. The second-order valence-electron chi connectivity index (χ2n) is 5.54. The Balaban J connectivity index is 1.59. The van der Waals surface area contributed by atoms with Crippen molar-refractivity contribution in [3.63, 3.8) is 0 Å². The van der Waals surface area contributed by atoms with Gasteiger partial charge in [-0.1, -0.05) is 0 Å². The molecule has 2 saturated heterocycles. The van der Waals surface area contributed by atoms with Crippen molar-refractivity contribution in [3.05, 3.63) is 17.5 Å². The molecule has 0 aliphatic carbocycles. The van der Waals surface area contributed by atoms with E-state index in [2.05, 4.69) is 28.4 Å². The van der Waals surface area contributed by atoms with E-state index in [0.29, 0.717) is 6.04 Å². The van der Waals surface area contributed by atoms with Crippen LogP contribution in [0.1, 0.15) is 24.1 Å². The first-order valence-corrected chi connectivity index (χ1v) is 6.67. The summed E-state index contributed by atoms with van der Waals surface area (Å²) < 4.78 is 1.91. The molecule has 1 aromatic rings. The minimum absolute atomic E-state index is 0.716. The van der Waals surface area contributed by atoms with Gasteiger partial charge in [-0.3, -0.25) is 4.68 Å². The molecule has 0 saturated carbocycles. The average molecular weight is 234 g/mol. The fourth-order valence-corrected chi connectivity index (χ4v) is 3.28. The molecule has 0 radical (unpaired) electrons. The van der Waals surface area contributed by atoms with Crippen LogP contribution >= 0.6 is 0 Å². The van der Waals surface area contributed by atoms with Crippen LogP contribution in [0.2, 0.25) is 0 Å². The Bertz CT molecular complexity index is 398. The normalized spacial score (nSPS) is 32.0. The van der Waals surface area contributed by atoms with E-state index in [9.17, 15) is 0 Å². The van der Waals surface area contributed by atoms with E-state index in [1.165, 1.54) is 38.0 Å². The van der Waals surface area contributed by atoms with E-state index in [4.69, 9.17) is 0 Å². The molecule has 1 aromatic heterocycles. The average Bonchev–Trinajstić information content (AvgIpc) is 2.83. The van der Waals surface area contributed by atoms with Gasteiger partial charge >= 0.3 is 0 Å². The van der Waals surface area contributed by atoms with Gasteiger partial charge in [0.1, 0.15) is 0 Å². The first kappa shape index (κ1) is 11.2. The minimum atomic E-state index is 0.716. The molecule has 17 heavy (non-hydrogen) atoms. The predicted octanol–water partition coefficient (Wildman–Crippen LogP) is 0.912. The summed E-state index contributed by atoms with van der Waals surface area (Å²) in [7, 11) is 1.99. The molecule has 2 aliphatic rings. The molecule has 1 N–H and O–H groups in total. The van der Waals surface area contributed by atoms with Crippen LogP contribution < -0.4 is 5.32 Å². The van der Waals surface area contributed by atoms with Crippen molar-refractivity contribution >= 4 is 0 Å². The van der Waals surface area contributed by atoms with Crippen LogP contribution in [-0.2, 0) is 13.6 Å². The highest BCUT2D eigenvalue weighted by Gasteiger charge is 2.33. The molecule has 3 heterocycles. The molecular weight excluding hydrogens is 212 g/mol. The van der Waals surface area contributed by atoms with E-state index >= 15 is 0 Å². The summed E-state index contributed by atoms with van der Waals surface area (Å²) in [5.41, 5.74) is 2.50. The quantitative estimate of drug-likeness (QED) is 0.844. The van der Waals surface area contributed by atoms with E-state index < -0.39 is 0 Å². The third kappa shape index (κ3) is 2.24. The number of hydrogen-bond acceptors (Lipinski definition) is 3. The van der Waals surface area contributed by atoms with Crippen LogP contribution in [0.4, 0.5) is 0 Å². The van der Waals surface area contributed by atoms with Crippen molar-refractivity contribution in [1.82, 2.24) is 20.0 Å². The molecule has 4 nitrogen and oxygen atoms in total. The zero-order chi connectivity index (χ0) is 11.8. The lowest BCUT2D eigenvalue weighted by Gasteiger charge is -2.31. The van der Waals surface area contributed by atoms with Crippen molar-refractivity contribution in [1.29, 1.82) is 0 Å². The SMILES string of the molecule is Cc1nn(C)cc1CNC1CCN2CCC1C2. The highest BCUT2D eigenvalue weighted by Crippen LogP contribution is 2.27. The molecule has 3 unspecified atom stereocenters. The number of nitrogens with one attached hydrogen (secondary N) is 1. The first-order valence-electron chi connectivity index (χ1n) is 6.67. The lowest BCUT2D eigenvalue weighted by molar-refractivity contribution is 0.220. The maximum Gasteiger partial charge on any atom is 0.0638 e. The number of piperidine rings is 1. The van der Waals surface area contributed by atoms with E-state index in [-0.39, 0.29) is 0 Å². The lowest BCUT2D eigenvalue weighted by atomic mass is 9.94. The topological polar surface area (TPSA) is 33.1 Å². The van der Waals surface area contributed by atoms with Gasteiger partial charge in [-0.2, -0.15) is 5.10 Å². The number of aromatic nitrogens is 2. The monoisotopic (exact) mass is 234 g/mol. The molecular formula is C13H22N4. The fourth-order valence-electron chi connectivity index (χ4n) is 3.28. The summed E-state index contributed by atoms with van der Waals surface area (Å²) in [4.78, 5) is 2.60. The van der Waals surface area contributed by atoms with Gasteiger partial charge in [0.2, 0.25) is 0 Å². The predicted molar refractivity (Wildman–Crippen MR) is 67.7 cm³/mol. The van der Waals surface area contributed by atoms with Gasteiger partial charge in [0.25, 0.3) is 0 Å². The number of aryl methyl sites for hydroxylation is 2.